The maximum Gasteiger partial charge on any atom is 0.123 e. The van der Waals surface area contributed by atoms with Crippen molar-refractivity contribution in [3.8, 4) is 0 Å². The first-order valence-electron chi connectivity index (χ1n) is 2.89. The summed E-state index contributed by atoms with van der Waals surface area (Å²) in [6.45, 7) is 0. The standard InChI is InChI=1S/C4H6O.C2H7N/c5-3-4-1-2-4;1-3-2/h3-4H,1-2H2;3H,1-2H3. The van der Waals surface area contributed by atoms with E-state index in [0.717, 1.165) is 19.1 Å². The number of hydrogen-bond acceptors (Lipinski definition) is 2. The fourth-order valence-electron chi connectivity index (χ4n) is 0.232. The van der Waals surface area contributed by atoms with Crippen molar-refractivity contribution in [3.63, 3.8) is 0 Å². The summed E-state index contributed by atoms with van der Waals surface area (Å²) in [5, 5.41) is 2.75. The zero-order valence-electron chi connectivity index (χ0n) is 5.48. The lowest BCUT2D eigenvalue weighted by molar-refractivity contribution is -0.108. The average Bonchev–Trinajstić information content (AvgIpc) is 2.48. The van der Waals surface area contributed by atoms with Crippen molar-refractivity contribution in [2.75, 3.05) is 14.1 Å². The maximum atomic E-state index is 9.57. The minimum absolute atomic E-state index is 0.454. The monoisotopic (exact) mass is 115 g/mol. The van der Waals surface area contributed by atoms with Gasteiger partial charge >= 0.3 is 0 Å². The highest BCUT2D eigenvalue weighted by atomic mass is 16.1. The molecule has 0 bridgehead atoms. The lowest BCUT2D eigenvalue weighted by Crippen LogP contribution is -1.89. The summed E-state index contributed by atoms with van der Waals surface area (Å²) >= 11 is 0. The molecule has 2 nitrogen and oxygen atoms in total. The summed E-state index contributed by atoms with van der Waals surface area (Å²) in [5.74, 6) is 0.454. The lowest BCUT2D eigenvalue weighted by atomic mass is 10.5. The Kier molecular flexibility index (Phi) is 4.56. The first-order valence-corrected chi connectivity index (χ1v) is 2.89. The Hall–Kier alpha value is -0.370. The van der Waals surface area contributed by atoms with Crippen molar-refractivity contribution in [2.24, 2.45) is 5.92 Å². The smallest absolute Gasteiger partial charge is 0.123 e. The van der Waals surface area contributed by atoms with Gasteiger partial charge in [0.25, 0.3) is 0 Å². The van der Waals surface area contributed by atoms with E-state index in [1.54, 1.807) is 0 Å². The molecule has 0 atom stereocenters. The van der Waals surface area contributed by atoms with Crippen LogP contribution in [0.1, 0.15) is 12.8 Å². The van der Waals surface area contributed by atoms with Crippen LogP contribution in [0.4, 0.5) is 0 Å². The summed E-state index contributed by atoms with van der Waals surface area (Å²) in [4.78, 5) is 9.57. The van der Waals surface area contributed by atoms with Crippen LogP contribution in [0.3, 0.4) is 0 Å². The summed E-state index contributed by atoms with van der Waals surface area (Å²) in [6.07, 6.45) is 3.31. The molecule has 0 aromatic carbocycles. The van der Waals surface area contributed by atoms with Gasteiger partial charge in [-0.05, 0) is 26.9 Å². The van der Waals surface area contributed by atoms with Crippen LogP contribution in [0, 0.1) is 5.92 Å². The van der Waals surface area contributed by atoms with Crippen LogP contribution in [0.15, 0.2) is 0 Å². The molecule has 0 amide bonds. The molecule has 0 unspecified atom stereocenters. The Morgan fingerprint density at radius 2 is 1.88 bits per heavy atom. The summed E-state index contributed by atoms with van der Waals surface area (Å²) < 4.78 is 0. The van der Waals surface area contributed by atoms with E-state index in [-0.39, 0.29) is 0 Å². The Labute approximate surface area is 50.3 Å². The second-order valence-corrected chi connectivity index (χ2v) is 1.97. The van der Waals surface area contributed by atoms with E-state index in [4.69, 9.17) is 0 Å². The SMILES string of the molecule is CNC.O=CC1CC1. The Bertz CT molecular complexity index is 59.5. The van der Waals surface area contributed by atoms with Crippen LogP contribution in [0.2, 0.25) is 0 Å². The highest BCUT2D eigenvalue weighted by Crippen LogP contribution is 2.25. The van der Waals surface area contributed by atoms with Gasteiger partial charge in [-0.3, -0.25) is 0 Å². The van der Waals surface area contributed by atoms with E-state index in [1.807, 2.05) is 14.1 Å². The number of rotatable bonds is 1. The quantitative estimate of drug-likeness (QED) is 0.502. The van der Waals surface area contributed by atoms with Gasteiger partial charge in [0.15, 0.2) is 0 Å². The van der Waals surface area contributed by atoms with Crippen molar-refractivity contribution in [1.29, 1.82) is 0 Å². The first kappa shape index (κ1) is 7.63. The molecule has 1 fully saturated rings. The van der Waals surface area contributed by atoms with Crippen LogP contribution in [0.5, 0.6) is 0 Å². The van der Waals surface area contributed by atoms with Crippen molar-refractivity contribution < 1.29 is 4.79 Å². The fraction of sp³-hybridized carbons (Fsp3) is 0.833. The van der Waals surface area contributed by atoms with Crippen LogP contribution in [-0.4, -0.2) is 20.4 Å². The molecule has 0 heterocycles. The topological polar surface area (TPSA) is 29.1 Å². The van der Waals surface area contributed by atoms with Gasteiger partial charge in [0, 0.05) is 5.92 Å². The van der Waals surface area contributed by atoms with E-state index < -0.39 is 0 Å². The molecule has 0 aromatic heterocycles. The largest absolute Gasteiger partial charge is 0.323 e. The minimum Gasteiger partial charge on any atom is -0.323 e. The molecule has 1 aliphatic rings. The highest BCUT2D eigenvalue weighted by Gasteiger charge is 2.18. The first-order chi connectivity index (χ1) is 3.85. The van der Waals surface area contributed by atoms with Crippen LogP contribution in [-0.2, 0) is 4.79 Å². The van der Waals surface area contributed by atoms with Gasteiger partial charge in [-0.2, -0.15) is 0 Å². The summed E-state index contributed by atoms with van der Waals surface area (Å²) in [7, 11) is 3.75. The molecule has 8 heavy (non-hydrogen) atoms. The normalized spacial score (nSPS) is 16.2. The Morgan fingerprint density at radius 3 is 1.88 bits per heavy atom. The second kappa shape index (κ2) is 4.78. The zero-order valence-corrected chi connectivity index (χ0v) is 5.48. The van der Waals surface area contributed by atoms with Crippen molar-refractivity contribution in [3.05, 3.63) is 0 Å². The molecular weight excluding hydrogens is 102 g/mol. The molecule has 0 spiro atoms. The molecule has 1 aliphatic carbocycles. The van der Waals surface area contributed by atoms with Crippen LogP contribution < -0.4 is 5.32 Å². The third-order valence-corrected chi connectivity index (χ3v) is 0.814. The van der Waals surface area contributed by atoms with Gasteiger partial charge in [0.05, 0.1) is 0 Å². The number of carbonyl (C=O) groups is 1. The van der Waals surface area contributed by atoms with E-state index >= 15 is 0 Å². The molecule has 1 rings (SSSR count). The average molecular weight is 115 g/mol. The maximum absolute atomic E-state index is 9.57. The van der Waals surface area contributed by atoms with E-state index in [1.165, 1.54) is 0 Å². The highest BCUT2D eigenvalue weighted by molar-refractivity contribution is 5.56. The van der Waals surface area contributed by atoms with Crippen molar-refractivity contribution >= 4 is 6.29 Å². The van der Waals surface area contributed by atoms with Crippen molar-refractivity contribution in [1.82, 2.24) is 5.32 Å². The molecule has 1 N–H and O–H groups in total. The second-order valence-electron chi connectivity index (χ2n) is 1.97. The van der Waals surface area contributed by atoms with Gasteiger partial charge < -0.3 is 10.1 Å². The molecule has 0 saturated heterocycles. The van der Waals surface area contributed by atoms with Crippen LogP contribution >= 0.6 is 0 Å². The van der Waals surface area contributed by atoms with Gasteiger partial charge in [-0.1, -0.05) is 0 Å². The summed E-state index contributed by atoms with van der Waals surface area (Å²) in [6, 6.07) is 0. The van der Waals surface area contributed by atoms with Crippen molar-refractivity contribution in [2.45, 2.75) is 12.8 Å². The number of hydrogen-bond donors (Lipinski definition) is 1. The molecular formula is C6H13NO. The van der Waals surface area contributed by atoms with Gasteiger partial charge in [0.1, 0.15) is 6.29 Å². The minimum atomic E-state index is 0.454. The molecule has 0 aromatic rings. The van der Waals surface area contributed by atoms with E-state index in [2.05, 4.69) is 5.32 Å². The molecule has 48 valence electrons. The fourth-order valence-corrected chi connectivity index (χ4v) is 0.232. The third kappa shape index (κ3) is 5.63. The molecule has 1 saturated carbocycles. The number of carbonyl (C=O) groups excluding carboxylic acids is 1. The molecule has 0 aliphatic heterocycles. The molecule has 2 heteroatoms. The Morgan fingerprint density at radius 1 is 1.50 bits per heavy atom. The van der Waals surface area contributed by atoms with E-state index in [0.29, 0.717) is 5.92 Å². The van der Waals surface area contributed by atoms with Crippen LogP contribution in [0.25, 0.3) is 0 Å². The number of aldehydes is 1. The predicted molar refractivity (Wildman–Crippen MR) is 33.8 cm³/mol. The Balaban J connectivity index is 0.000000145. The van der Waals surface area contributed by atoms with Gasteiger partial charge in [0.2, 0.25) is 0 Å². The predicted octanol–water partition coefficient (Wildman–Crippen LogP) is 0.431. The molecule has 0 radical (unpaired) electrons. The number of nitrogens with one attached hydrogen (secondary N) is 1. The zero-order chi connectivity index (χ0) is 6.41. The summed E-state index contributed by atoms with van der Waals surface area (Å²) in [5.41, 5.74) is 0. The van der Waals surface area contributed by atoms with Gasteiger partial charge in [-0.15, -0.1) is 0 Å². The van der Waals surface area contributed by atoms with Gasteiger partial charge in [-0.25, -0.2) is 0 Å². The lowest BCUT2D eigenvalue weighted by Gasteiger charge is -1.59. The van der Waals surface area contributed by atoms with E-state index in [9.17, 15) is 4.79 Å². The third-order valence-electron chi connectivity index (χ3n) is 0.814.